The first-order chi connectivity index (χ1) is 15.5. The van der Waals surface area contributed by atoms with Gasteiger partial charge in [-0.15, -0.1) is 0 Å². The van der Waals surface area contributed by atoms with Crippen LogP contribution in [0.3, 0.4) is 0 Å². The molecule has 1 N–H and O–H groups in total. The highest BCUT2D eigenvalue weighted by atomic mass is 19.1. The van der Waals surface area contributed by atoms with Crippen molar-refractivity contribution in [3.05, 3.63) is 107 Å². The lowest BCUT2D eigenvalue weighted by molar-refractivity contribution is -0.140. The van der Waals surface area contributed by atoms with Crippen LogP contribution in [0.5, 0.6) is 0 Å². The van der Waals surface area contributed by atoms with Crippen LogP contribution < -0.4 is 5.32 Å². The third kappa shape index (κ3) is 6.27. The Morgan fingerprint density at radius 1 is 0.938 bits per heavy atom. The van der Waals surface area contributed by atoms with Crippen LogP contribution in [0.15, 0.2) is 78.9 Å². The van der Waals surface area contributed by atoms with Gasteiger partial charge >= 0.3 is 0 Å². The first-order valence-electron chi connectivity index (χ1n) is 10.9. The van der Waals surface area contributed by atoms with Crippen molar-refractivity contribution in [2.24, 2.45) is 0 Å². The first kappa shape index (κ1) is 23.2. The molecule has 0 bridgehead atoms. The van der Waals surface area contributed by atoms with Gasteiger partial charge in [-0.05, 0) is 36.6 Å². The minimum absolute atomic E-state index is 0.108. The number of benzene rings is 3. The molecule has 3 aromatic carbocycles. The zero-order chi connectivity index (χ0) is 22.9. The Morgan fingerprint density at radius 3 is 2.31 bits per heavy atom. The van der Waals surface area contributed by atoms with Crippen LogP contribution >= 0.6 is 0 Å². The second kappa shape index (κ2) is 11.2. The van der Waals surface area contributed by atoms with Gasteiger partial charge in [0, 0.05) is 19.5 Å². The van der Waals surface area contributed by atoms with Gasteiger partial charge in [-0.25, -0.2) is 4.39 Å². The van der Waals surface area contributed by atoms with Gasteiger partial charge in [-0.2, -0.15) is 0 Å². The highest BCUT2D eigenvalue weighted by Crippen LogP contribution is 2.18. The van der Waals surface area contributed by atoms with E-state index in [1.54, 1.807) is 23.1 Å². The molecule has 0 unspecified atom stereocenters. The van der Waals surface area contributed by atoms with Crippen LogP contribution in [-0.4, -0.2) is 29.3 Å². The molecule has 0 spiro atoms. The van der Waals surface area contributed by atoms with Gasteiger partial charge in [0.05, 0.1) is 6.42 Å². The fourth-order valence-corrected chi connectivity index (χ4v) is 3.76. The van der Waals surface area contributed by atoms with Crippen molar-refractivity contribution in [2.75, 3.05) is 6.54 Å². The summed E-state index contributed by atoms with van der Waals surface area (Å²) in [6.07, 6.45) is 0.269. The standard InChI is InChI=1S/C27H29FN2O2/c1-3-29-27(32)25(17-21-11-5-4-6-12-21)30(19-22-13-9-10-20(2)16-22)26(31)18-23-14-7-8-15-24(23)28/h4-16,25H,3,17-19H2,1-2H3,(H,29,32)/t25-/m1/s1. The number of aryl methyl sites for hydroxylation is 1. The van der Waals surface area contributed by atoms with E-state index in [0.717, 1.165) is 16.7 Å². The molecule has 0 saturated carbocycles. The van der Waals surface area contributed by atoms with E-state index in [2.05, 4.69) is 5.32 Å². The molecular weight excluding hydrogens is 403 g/mol. The molecule has 32 heavy (non-hydrogen) atoms. The number of likely N-dealkylation sites (N-methyl/N-ethyl adjacent to an activating group) is 1. The number of nitrogens with zero attached hydrogens (tertiary/aromatic N) is 1. The third-order valence-corrected chi connectivity index (χ3v) is 5.36. The van der Waals surface area contributed by atoms with Crippen molar-refractivity contribution in [1.29, 1.82) is 0 Å². The van der Waals surface area contributed by atoms with E-state index in [0.29, 0.717) is 18.5 Å². The van der Waals surface area contributed by atoms with Crippen LogP contribution in [-0.2, 0) is 29.0 Å². The van der Waals surface area contributed by atoms with Crippen LogP contribution in [0.2, 0.25) is 0 Å². The largest absolute Gasteiger partial charge is 0.355 e. The fraction of sp³-hybridized carbons (Fsp3) is 0.259. The molecule has 0 saturated heterocycles. The van der Waals surface area contributed by atoms with Gasteiger partial charge in [-0.1, -0.05) is 78.4 Å². The topological polar surface area (TPSA) is 49.4 Å². The van der Waals surface area contributed by atoms with Gasteiger partial charge in [0.1, 0.15) is 11.9 Å². The maximum atomic E-state index is 14.3. The van der Waals surface area contributed by atoms with Crippen molar-refractivity contribution >= 4 is 11.8 Å². The molecule has 3 rings (SSSR count). The Kier molecular flexibility index (Phi) is 8.14. The van der Waals surface area contributed by atoms with Crippen LogP contribution in [0.25, 0.3) is 0 Å². The monoisotopic (exact) mass is 432 g/mol. The summed E-state index contributed by atoms with van der Waals surface area (Å²) >= 11 is 0. The number of hydrogen-bond donors (Lipinski definition) is 1. The molecule has 0 aromatic heterocycles. The highest BCUT2D eigenvalue weighted by Gasteiger charge is 2.30. The maximum Gasteiger partial charge on any atom is 0.243 e. The highest BCUT2D eigenvalue weighted by molar-refractivity contribution is 5.88. The summed E-state index contributed by atoms with van der Waals surface area (Å²) in [4.78, 5) is 28.1. The lowest BCUT2D eigenvalue weighted by Gasteiger charge is -2.31. The Bertz CT molecular complexity index is 1050. The van der Waals surface area contributed by atoms with Crippen LogP contribution in [0, 0.1) is 12.7 Å². The SMILES string of the molecule is CCNC(=O)[C@@H](Cc1ccccc1)N(Cc1cccc(C)c1)C(=O)Cc1ccccc1F. The quantitative estimate of drug-likeness (QED) is 0.543. The number of carbonyl (C=O) groups excluding carboxylic acids is 2. The average molecular weight is 433 g/mol. The average Bonchev–Trinajstić information content (AvgIpc) is 2.78. The molecule has 166 valence electrons. The lowest BCUT2D eigenvalue weighted by atomic mass is 10.0. The number of halogens is 1. The molecule has 1 atom stereocenters. The van der Waals surface area contributed by atoms with Crippen molar-refractivity contribution in [3.63, 3.8) is 0 Å². The van der Waals surface area contributed by atoms with Crippen LogP contribution in [0.4, 0.5) is 4.39 Å². The molecule has 0 aliphatic carbocycles. The van der Waals surface area contributed by atoms with Crippen molar-refractivity contribution in [1.82, 2.24) is 10.2 Å². The minimum Gasteiger partial charge on any atom is -0.355 e. The summed E-state index contributed by atoms with van der Waals surface area (Å²) in [6.45, 7) is 4.57. The smallest absolute Gasteiger partial charge is 0.243 e. The second-order valence-electron chi connectivity index (χ2n) is 7.88. The number of nitrogens with one attached hydrogen (secondary N) is 1. The molecule has 0 aliphatic rings. The number of amides is 2. The molecule has 2 amide bonds. The number of hydrogen-bond acceptors (Lipinski definition) is 2. The summed E-state index contributed by atoms with van der Waals surface area (Å²) in [7, 11) is 0. The van der Waals surface area contributed by atoms with Gasteiger partial charge in [0.2, 0.25) is 11.8 Å². The summed E-state index contributed by atoms with van der Waals surface area (Å²) in [5.41, 5.74) is 3.27. The summed E-state index contributed by atoms with van der Waals surface area (Å²) < 4.78 is 14.3. The predicted octanol–water partition coefficient (Wildman–Crippen LogP) is 4.45. The zero-order valence-corrected chi connectivity index (χ0v) is 18.6. The second-order valence-corrected chi connectivity index (χ2v) is 7.88. The van der Waals surface area contributed by atoms with Gasteiger partial charge in [0.15, 0.2) is 0 Å². The van der Waals surface area contributed by atoms with Crippen LogP contribution in [0.1, 0.15) is 29.2 Å². The van der Waals surface area contributed by atoms with Crippen molar-refractivity contribution in [3.8, 4) is 0 Å². The molecule has 0 fully saturated rings. The Labute approximate surface area is 189 Å². The third-order valence-electron chi connectivity index (χ3n) is 5.36. The van der Waals surface area contributed by atoms with E-state index in [9.17, 15) is 14.0 Å². The minimum atomic E-state index is -0.711. The Hall–Kier alpha value is -3.47. The normalized spacial score (nSPS) is 11.6. The fourth-order valence-electron chi connectivity index (χ4n) is 3.76. The lowest BCUT2D eigenvalue weighted by Crippen LogP contribution is -2.51. The molecule has 3 aromatic rings. The van der Waals surface area contributed by atoms with E-state index in [1.807, 2.05) is 68.4 Å². The molecule has 4 nitrogen and oxygen atoms in total. The number of rotatable bonds is 9. The van der Waals surface area contributed by atoms with E-state index in [-0.39, 0.29) is 24.8 Å². The molecule has 5 heteroatoms. The number of carbonyl (C=O) groups is 2. The van der Waals surface area contributed by atoms with E-state index in [1.165, 1.54) is 6.07 Å². The first-order valence-corrected chi connectivity index (χ1v) is 10.9. The summed E-state index contributed by atoms with van der Waals surface area (Å²) in [6, 6.07) is 23.0. The summed E-state index contributed by atoms with van der Waals surface area (Å²) in [5.74, 6) is -0.927. The Morgan fingerprint density at radius 2 is 1.62 bits per heavy atom. The van der Waals surface area contributed by atoms with E-state index < -0.39 is 11.9 Å². The molecule has 0 heterocycles. The van der Waals surface area contributed by atoms with Gasteiger partial charge < -0.3 is 10.2 Å². The maximum absolute atomic E-state index is 14.3. The zero-order valence-electron chi connectivity index (χ0n) is 18.6. The van der Waals surface area contributed by atoms with Gasteiger partial charge in [0.25, 0.3) is 0 Å². The van der Waals surface area contributed by atoms with Crippen molar-refractivity contribution in [2.45, 2.75) is 39.3 Å². The van der Waals surface area contributed by atoms with Crippen molar-refractivity contribution < 1.29 is 14.0 Å². The predicted molar refractivity (Wildman–Crippen MR) is 124 cm³/mol. The summed E-state index contributed by atoms with van der Waals surface area (Å²) in [5, 5.41) is 2.87. The molecule has 0 radical (unpaired) electrons. The van der Waals surface area contributed by atoms with E-state index >= 15 is 0 Å². The molecule has 0 aliphatic heterocycles. The molecular formula is C27H29FN2O2. The Balaban J connectivity index is 1.96. The van der Waals surface area contributed by atoms with E-state index in [4.69, 9.17) is 0 Å². The van der Waals surface area contributed by atoms with Gasteiger partial charge in [-0.3, -0.25) is 9.59 Å².